The Morgan fingerprint density at radius 1 is 1.42 bits per heavy atom. The second-order valence-corrected chi connectivity index (χ2v) is 6.44. The predicted molar refractivity (Wildman–Crippen MR) is 77.1 cm³/mol. The van der Waals surface area contributed by atoms with Gasteiger partial charge < -0.3 is 15.2 Å². The Hall–Kier alpha value is -1.29. The van der Waals surface area contributed by atoms with Crippen LogP contribution in [-0.2, 0) is 17.8 Å². The number of hydrogen-bond acceptors (Lipinski definition) is 2. The third-order valence-electron chi connectivity index (χ3n) is 3.50. The number of rotatable bonds is 3. The van der Waals surface area contributed by atoms with Crippen LogP contribution in [0, 0.1) is 0 Å². The Morgan fingerprint density at radius 2 is 2.16 bits per heavy atom. The summed E-state index contributed by atoms with van der Waals surface area (Å²) in [4.78, 5) is 11.9. The van der Waals surface area contributed by atoms with Gasteiger partial charge in [0.05, 0.1) is 0 Å². The Kier molecular flexibility index (Phi) is 3.99. The van der Waals surface area contributed by atoms with Crippen molar-refractivity contribution in [3.63, 3.8) is 0 Å². The van der Waals surface area contributed by atoms with E-state index in [1.54, 1.807) is 0 Å². The molecule has 2 rings (SSSR count). The van der Waals surface area contributed by atoms with Gasteiger partial charge in [0.15, 0.2) is 0 Å². The van der Waals surface area contributed by atoms with Gasteiger partial charge in [-0.05, 0) is 58.2 Å². The summed E-state index contributed by atoms with van der Waals surface area (Å²) in [5, 5.41) is 6.35. The smallest absolute Gasteiger partial charge is 0.240 e. The Labute approximate surface area is 115 Å². The van der Waals surface area contributed by atoms with Crippen molar-refractivity contribution in [2.24, 2.45) is 0 Å². The largest absolute Gasteiger partial charge is 0.350 e. The zero-order chi connectivity index (χ0) is 14.0. The molecule has 1 aromatic rings. The van der Waals surface area contributed by atoms with Crippen LogP contribution in [-0.4, -0.2) is 23.1 Å². The fraction of sp³-hybridized carbons (Fsp3) is 0.667. The lowest BCUT2D eigenvalue weighted by molar-refractivity contribution is -0.123. The molecule has 0 spiro atoms. The van der Waals surface area contributed by atoms with E-state index in [1.165, 1.54) is 24.0 Å². The van der Waals surface area contributed by atoms with Gasteiger partial charge in [-0.15, -0.1) is 0 Å². The molecule has 0 fully saturated rings. The molecule has 0 saturated heterocycles. The SMILES string of the molecule is CNC1CCCc2cn(CC(=O)NC(C)(C)C)cc21. The summed E-state index contributed by atoms with van der Waals surface area (Å²) in [6.45, 7) is 6.41. The van der Waals surface area contributed by atoms with E-state index >= 15 is 0 Å². The number of carbonyl (C=O) groups is 1. The fourth-order valence-electron chi connectivity index (χ4n) is 2.76. The summed E-state index contributed by atoms with van der Waals surface area (Å²) in [5.74, 6) is 0.0702. The molecule has 2 N–H and O–H groups in total. The predicted octanol–water partition coefficient (Wildman–Crippen LogP) is 2.00. The molecule has 1 atom stereocenters. The van der Waals surface area contributed by atoms with Gasteiger partial charge in [0.2, 0.25) is 5.91 Å². The molecule has 1 aromatic heterocycles. The minimum atomic E-state index is -0.169. The summed E-state index contributed by atoms with van der Waals surface area (Å²) >= 11 is 0. The highest BCUT2D eigenvalue weighted by atomic mass is 16.2. The highest BCUT2D eigenvalue weighted by molar-refractivity contribution is 5.76. The van der Waals surface area contributed by atoms with E-state index in [2.05, 4.69) is 23.0 Å². The van der Waals surface area contributed by atoms with Crippen LogP contribution in [0.2, 0.25) is 0 Å². The first-order valence-corrected chi connectivity index (χ1v) is 7.06. The molecular formula is C15H25N3O. The minimum absolute atomic E-state index is 0.0702. The van der Waals surface area contributed by atoms with Gasteiger partial charge in [-0.3, -0.25) is 4.79 Å². The number of aromatic nitrogens is 1. The molecule has 0 aliphatic heterocycles. The minimum Gasteiger partial charge on any atom is -0.350 e. The van der Waals surface area contributed by atoms with Crippen LogP contribution in [0.1, 0.15) is 50.8 Å². The zero-order valence-corrected chi connectivity index (χ0v) is 12.4. The number of carbonyl (C=O) groups excluding carboxylic acids is 1. The maximum atomic E-state index is 11.9. The van der Waals surface area contributed by atoms with Crippen molar-refractivity contribution < 1.29 is 4.79 Å². The van der Waals surface area contributed by atoms with E-state index < -0.39 is 0 Å². The maximum absolute atomic E-state index is 11.9. The van der Waals surface area contributed by atoms with Gasteiger partial charge in [-0.1, -0.05) is 0 Å². The third kappa shape index (κ3) is 3.60. The molecule has 4 heteroatoms. The first-order chi connectivity index (χ1) is 8.89. The van der Waals surface area contributed by atoms with Crippen molar-refractivity contribution in [3.05, 3.63) is 23.5 Å². The lowest BCUT2D eigenvalue weighted by Gasteiger charge is -2.21. The molecule has 1 heterocycles. The second-order valence-electron chi connectivity index (χ2n) is 6.44. The van der Waals surface area contributed by atoms with Gasteiger partial charge in [-0.2, -0.15) is 0 Å². The van der Waals surface area contributed by atoms with Crippen molar-refractivity contribution in [1.82, 2.24) is 15.2 Å². The van der Waals surface area contributed by atoms with Crippen molar-refractivity contribution in [1.29, 1.82) is 0 Å². The van der Waals surface area contributed by atoms with E-state index in [-0.39, 0.29) is 11.4 Å². The van der Waals surface area contributed by atoms with Crippen molar-refractivity contribution in [2.45, 2.75) is 58.2 Å². The molecule has 4 nitrogen and oxygen atoms in total. The molecule has 1 amide bonds. The van der Waals surface area contributed by atoms with Crippen LogP contribution >= 0.6 is 0 Å². The average molecular weight is 263 g/mol. The van der Waals surface area contributed by atoms with Crippen molar-refractivity contribution in [2.75, 3.05) is 7.05 Å². The van der Waals surface area contributed by atoms with Crippen LogP contribution in [0.3, 0.4) is 0 Å². The van der Waals surface area contributed by atoms with Crippen LogP contribution in [0.5, 0.6) is 0 Å². The Morgan fingerprint density at radius 3 is 2.79 bits per heavy atom. The topological polar surface area (TPSA) is 46.1 Å². The molecule has 0 aromatic carbocycles. The second kappa shape index (κ2) is 5.37. The third-order valence-corrected chi connectivity index (χ3v) is 3.50. The number of nitrogens with zero attached hydrogens (tertiary/aromatic N) is 1. The molecule has 0 radical (unpaired) electrons. The number of hydrogen-bond donors (Lipinski definition) is 2. The Balaban J connectivity index is 2.07. The van der Waals surface area contributed by atoms with Crippen LogP contribution < -0.4 is 10.6 Å². The highest BCUT2D eigenvalue weighted by Crippen LogP contribution is 2.30. The molecule has 0 bridgehead atoms. The zero-order valence-electron chi connectivity index (χ0n) is 12.4. The first-order valence-electron chi connectivity index (χ1n) is 7.06. The van der Waals surface area contributed by atoms with E-state index in [9.17, 15) is 4.79 Å². The van der Waals surface area contributed by atoms with Crippen molar-refractivity contribution in [3.8, 4) is 0 Å². The summed E-state index contributed by atoms with van der Waals surface area (Å²) in [6.07, 6.45) is 7.78. The number of aryl methyl sites for hydroxylation is 1. The molecule has 1 unspecified atom stereocenters. The van der Waals surface area contributed by atoms with Gasteiger partial charge >= 0.3 is 0 Å². The molecule has 106 valence electrons. The van der Waals surface area contributed by atoms with E-state index in [0.29, 0.717) is 12.6 Å². The van der Waals surface area contributed by atoms with Gasteiger partial charge in [0, 0.05) is 24.0 Å². The lowest BCUT2D eigenvalue weighted by Crippen LogP contribution is -2.42. The van der Waals surface area contributed by atoms with E-state index in [4.69, 9.17) is 0 Å². The standard InChI is InChI=1S/C15H25N3O/c1-15(2,3)17-14(19)10-18-8-11-6-5-7-13(16-4)12(11)9-18/h8-9,13,16H,5-7,10H2,1-4H3,(H,17,19). The highest BCUT2D eigenvalue weighted by Gasteiger charge is 2.21. The molecule has 1 aliphatic carbocycles. The van der Waals surface area contributed by atoms with Gasteiger partial charge in [-0.25, -0.2) is 0 Å². The molecule has 19 heavy (non-hydrogen) atoms. The first kappa shape index (κ1) is 14.1. The molecule has 1 aliphatic rings. The van der Waals surface area contributed by atoms with Crippen molar-refractivity contribution >= 4 is 5.91 Å². The number of amides is 1. The van der Waals surface area contributed by atoms with Gasteiger partial charge in [0.1, 0.15) is 6.54 Å². The number of nitrogens with one attached hydrogen (secondary N) is 2. The summed E-state index contributed by atoms with van der Waals surface area (Å²) < 4.78 is 2.02. The average Bonchev–Trinajstić information content (AvgIpc) is 2.67. The fourth-order valence-corrected chi connectivity index (χ4v) is 2.76. The summed E-state index contributed by atoms with van der Waals surface area (Å²) in [7, 11) is 2.00. The molecule has 0 saturated carbocycles. The van der Waals surface area contributed by atoms with Crippen LogP contribution in [0.25, 0.3) is 0 Å². The normalized spacial score (nSPS) is 19.1. The van der Waals surface area contributed by atoms with Crippen LogP contribution in [0.4, 0.5) is 0 Å². The number of fused-ring (bicyclic) bond motifs is 1. The van der Waals surface area contributed by atoms with Gasteiger partial charge in [0.25, 0.3) is 0 Å². The quantitative estimate of drug-likeness (QED) is 0.876. The van der Waals surface area contributed by atoms with E-state index in [0.717, 1.165) is 6.42 Å². The Bertz CT molecular complexity index is 456. The van der Waals surface area contributed by atoms with E-state index in [1.807, 2.05) is 32.4 Å². The maximum Gasteiger partial charge on any atom is 0.240 e. The monoisotopic (exact) mass is 263 g/mol. The van der Waals surface area contributed by atoms with Crippen LogP contribution in [0.15, 0.2) is 12.4 Å². The summed E-state index contributed by atoms with van der Waals surface area (Å²) in [5.41, 5.74) is 2.57. The molecular weight excluding hydrogens is 238 g/mol. The summed E-state index contributed by atoms with van der Waals surface area (Å²) in [6, 6.07) is 0.440. The lowest BCUT2D eigenvalue weighted by atomic mass is 9.91.